The standard InChI is InChI=1S/C27H26ClN5O5.Na.H/c28-20-8-6-17(7-9-20)14-30-27(38)31-21-4-1-5-22(12-21)33-16-19(11-24(33)34)26(37)32-23(13-25(35)36)18-3-2-10-29-15-18;;/h1-10,12,15,19,23H,11,13-14,16H2,(H,32,37)(H,35,36)(H2,30,31,38);;/q;+1;-1. The predicted octanol–water partition coefficient (Wildman–Crippen LogP) is 0.858. The van der Waals surface area contributed by atoms with Crippen molar-refractivity contribution in [1.82, 2.24) is 15.6 Å². The van der Waals surface area contributed by atoms with Gasteiger partial charge in [0.25, 0.3) is 0 Å². The second kappa shape index (κ2) is 14.1. The minimum absolute atomic E-state index is 0. The molecule has 12 heteroatoms. The van der Waals surface area contributed by atoms with E-state index in [-0.39, 0.29) is 56.3 Å². The van der Waals surface area contributed by atoms with Gasteiger partial charge in [-0.05, 0) is 47.5 Å². The van der Waals surface area contributed by atoms with Crippen LogP contribution in [0.1, 0.15) is 31.4 Å². The number of carbonyl (C=O) groups is 4. The van der Waals surface area contributed by atoms with Crippen molar-refractivity contribution in [3.63, 3.8) is 0 Å². The number of urea groups is 1. The van der Waals surface area contributed by atoms with Crippen molar-refractivity contribution in [3.8, 4) is 0 Å². The Morgan fingerprint density at radius 1 is 1.13 bits per heavy atom. The maximum absolute atomic E-state index is 13.0. The molecule has 1 aliphatic heterocycles. The molecule has 4 N–H and O–H groups in total. The quantitative estimate of drug-likeness (QED) is 0.287. The molecule has 1 aliphatic rings. The molecular formula is C27H27ClN5NaO5. The van der Waals surface area contributed by atoms with Gasteiger partial charge in [0.05, 0.1) is 18.4 Å². The van der Waals surface area contributed by atoms with Crippen molar-refractivity contribution < 1.29 is 55.3 Å². The third-order valence-corrected chi connectivity index (χ3v) is 6.31. The third-order valence-electron chi connectivity index (χ3n) is 6.06. The summed E-state index contributed by atoms with van der Waals surface area (Å²) in [5.74, 6) is -2.38. The predicted molar refractivity (Wildman–Crippen MR) is 143 cm³/mol. The summed E-state index contributed by atoms with van der Waals surface area (Å²) in [6, 6.07) is 16.1. The minimum atomic E-state index is -1.07. The normalized spacial score (nSPS) is 15.2. The summed E-state index contributed by atoms with van der Waals surface area (Å²) in [4.78, 5) is 54.9. The van der Waals surface area contributed by atoms with E-state index in [1.807, 2.05) is 12.1 Å². The van der Waals surface area contributed by atoms with Gasteiger partial charge in [0, 0.05) is 48.3 Å². The number of nitrogens with zero attached hydrogens (tertiary/aromatic N) is 2. The summed E-state index contributed by atoms with van der Waals surface area (Å²) in [5, 5.41) is 18.1. The molecule has 2 atom stereocenters. The van der Waals surface area contributed by atoms with Crippen molar-refractivity contribution in [3.05, 3.63) is 89.2 Å². The molecule has 2 unspecified atom stereocenters. The Morgan fingerprint density at radius 3 is 2.59 bits per heavy atom. The van der Waals surface area contributed by atoms with E-state index >= 15 is 0 Å². The van der Waals surface area contributed by atoms with Crippen LogP contribution in [0.3, 0.4) is 0 Å². The first-order valence-electron chi connectivity index (χ1n) is 11.9. The van der Waals surface area contributed by atoms with Gasteiger partial charge in [-0.3, -0.25) is 19.4 Å². The number of halogens is 1. The van der Waals surface area contributed by atoms with Crippen LogP contribution in [0.4, 0.5) is 16.2 Å². The number of carbonyl (C=O) groups excluding carboxylic acids is 3. The molecule has 1 saturated heterocycles. The van der Waals surface area contributed by atoms with Gasteiger partial charge in [-0.1, -0.05) is 35.9 Å². The maximum atomic E-state index is 13.0. The fourth-order valence-corrected chi connectivity index (χ4v) is 4.27. The van der Waals surface area contributed by atoms with Crippen LogP contribution in [0.2, 0.25) is 5.02 Å². The number of anilines is 2. The second-order valence-corrected chi connectivity index (χ2v) is 9.27. The largest absolute Gasteiger partial charge is 1.00 e. The number of hydrogen-bond acceptors (Lipinski definition) is 5. The summed E-state index contributed by atoms with van der Waals surface area (Å²) >= 11 is 5.88. The third kappa shape index (κ3) is 8.52. The number of amides is 4. The summed E-state index contributed by atoms with van der Waals surface area (Å²) in [6.45, 7) is 0.440. The van der Waals surface area contributed by atoms with E-state index < -0.39 is 29.9 Å². The van der Waals surface area contributed by atoms with E-state index in [1.54, 1.807) is 54.7 Å². The Kier molecular flexibility index (Phi) is 10.9. The average Bonchev–Trinajstić information content (AvgIpc) is 3.30. The molecule has 3 aromatic rings. The second-order valence-electron chi connectivity index (χ2n) is 8.84. The molecule has 4 amide bonds. The van der Waals surface area contributed by atoms with Gasteiger partial charge in [-0.2, -0.15) is 0 Å². The Morgan fingerprint density at radius 2 is 1.90 bits per heavy atom. The monoisotopic (exact) mass is 559 g/mol. The van der Waals surface area contributed by atoms with Crippen molar-refractivity contribution >= 4 is 46.8 Å². The molecule has 10 nitrogen and oxygen atoms in total. The van der Waals surface area contributed by atoms with Crippen molar-refractivity contribution in [2.45, 2.75) is 25.4 Å². The van der Waals surface area contributed by atoms with Crippen molar-refractivity contribution in [2.24, 2.45) is 5.92 Å². The zero-order valence-corrected chi connectivity index (χ0v) is 24.0. The van der Waals surface area contributed by atoms with Crippen LogP contribution in [-0.4, -0.2) is 40.5 Å². The van der Waals surface area contributed by atoms with E-state index in [0.29, 0.717) is 28.5 Å². The summed E-state index contributed by atoms with van der Waals surface area (Å²) in [5.41, 5.74) is 2.47. The number of aromatic nitrogens is 1. The van der Waals surface area contributed by atoms with Crippen LogP contribution in [0.5, 0.6) is 0 Å². The van der Waals surface area contributed by atoms with Gasteiger partial charge < -0.3 is 27.4 Å². The minimum Gasteiger partial charge on any atom is -1.00 e. The molecule has 198 valence electrons. The number of rotatable bonds is 9. The van der Waals surface area contributed by atoms with E-state index in [2.05, 4.69) is 20.9 Å². The molecule has 0 saturated carbocycles. The topological polar surface area (TPSA) is 141 Å². The fourth-order valence-electron chi connectivity index (χ4n) is 4.14. The molecule has 2 heterocycles. The van der Waals surface area contributed by atoms with E-state index in [0.717, 1.165) is 5.56 Å². The Labute approximate surface area is 253 Å². The van der Waals surface area contributed by atoms with E-state index in [1.165, 1.54) is 11.1 Å². The summed E-state index contributed by atoms with van der Waals surface area (Å²) in [7, 11) is 0. The molecule has 2 aromatic carbocycles. The molecule has 0 spiro atoms. The smallest absolute Gasteiger partial charge is 1.00 e. The first kappa shape index (κ1) is 30.1. The van der Waals surface area contributed by atoms with Crippen molar-refractivity contribution in [1.29, 1.82) is 0 Å². The first-order valence-corrected chi connectivity index (χ1v) is 12.3. The van der Waals surface area contributed by atoms with Crippen LogP contribution >= 0.6 is 11.6 Å². The van der Waals surface area contributed by atoms with Crippen LogP contribution < -0.4 is 50.4 Å². The van der Waals surface area contributed by atoms with Crippen LogP contribution in [0.25, 0.3) is 0 Å². The van der Waals surface area contributed by atoms with E-state index in [9.17, 15) is 24.3 Å². The Balaban J connectivity index is 0.00000280. The zero-order chi connectivity index (χ0) is 27.1. The number of pyridine rings is 1. The molecule has 0 bridgehead atoms. The number of aliphatic carboxylic acids is 1. The molecule has 0 aliphatic carbocycles. The van der Waals surface area contributed by atoms with Crippen LogP contribution in [0.15, 0.2) is 73.1 Å². The summed E-state index contributed by atoms with van der Waals surface area (Å²) < 4.78 is 0. The number of benzene rings is 2. The average molecular weight is 560 g/mol. The van der Waals surface area contributed by atoms with Gasteiger partial charge in [0.1, 0.15) is 0 Å². The van der Waals surface area contributed by atoms with Gasteiger partial charge in [0.15, 0.2) is 0 Å². The Bertz CT molecular complexity index is 1330. The van der Waals surface area contributed by atoms with Gasteiger partial charge >= 0.3 is 41.6 Å². The first-order chi connectivity index (χ1) is 18.3. The summed E-state index contributed by atoms with van der Waals surface area (Å²) in [6.07, 6.45) is 2.74. The van der Waals surface area contributed by atoms with Gasteiger partial charge in [-0.15, -0.1) is 0 Å². The number of nitrogens with one attached hydrogen (secondary N) is 3. The van der Waals surface area contributed by atoms with E-state index in [4.69, 9.17) is 11.6 Å². The SMILES string of the molecule is O=C(O)CC(NC(=O)C1CC(=O)N(c2cccc(NC(=O)NCc3ccc(Cl)cc3)c2)C1)c1cccnc1.[H-].[Na+]. The Hall–Kier alpha value is -3.44. The van der Waals surface area contributed by atoms with Gasteiger partial charge in [0.2, 0.25) is 11.8 Å². The maximum Gasteiger partial charge on any atom is 1.00 e. The van der Waals surface area contributed by atoms with Gasteiger partial charge in [-0.25, -0.2) is 4.79 Å². The van der Waals surface area contributed by atoms with Crippen LogP contribution in [0, 0.1) is 5.92 Å². The molecule has 0 radical (unpaired) electrons. The zero-order valence-electron chi connectivity index (χ0n) is 22.3. The molecule has 1 aromatic heterocycles. The number of carboxylic acid groups (broad SMARTS) is 1. The molecule has 39 heavy (non-hydrogen) atoms. The molecular weight excluding hydrogens is 533 g/mol. The van der Waals surface area contributed by atoms with Crippen LogP contribution in [-0.2, 0) is 20.9 Å². The molecule has 1 fully saturated rings. The number of carboxylic acids is 1. The fraction of sp³-hybridized carbons (Fsp3) is 0.222. The number of hydrogen-bond donors (Lipinski definition) is 4. The molecule has 4 rings (SSSR count). The van der Waals surface area contributed by atoms with Crippen molar-refractivity contribution in [2.75, 3.05) is 16.8 Å².